The second kappa shape index (κ2) is 7.83. The van der Waals surface area contributed by atoms with E-state index in [1.807, 2.05) is 50.2 Å². The summed E-state index contributed by atoms with van der Waals surface area (Å²) in [4.78, 5) is 16.5. The van der Waals surface area contributed by atoms with Gasteiger partial charge in [0.25, 0.3) is 0 Å². The van der Waals surface area contributed by atoms with Crippen LogP contribution in [-0.4, -0.2) is 28.5 Å². The number of hydrogen-bond donors (Lipinski definition) is 1. The molecule has 0 aliphatic carbocycles. The maximum atomic E-state index is 11.7. The van der Waals surface area contributed by atoms with E-state index in [1.54, 1.807) is 0 Å². The van der Waals surface area contributed by atoms with E-state index >= 15 is 0 Å². The summed E-state index contributed by atoms with van der Waals surface area (Å²) in [6.07, 6.45) is 1.70. The van der Waals surface area contributed by atoms with E-state index in [9.17, 15) is 4.79 Å². The maximum absolute atomic E-state index is 11.7. The van der Waals surface area contributed by atoms with Gasteiger partial charge in [-0.3, -0.25) is 9.20 Å². The summed E-state index contributed by atoms with van der Waals surface area (Å²) in [5, 5.41) is 3.22. The van der Waals surface area contributed by atoms with Crippen LogP contribution >= 0.6 is 0 Å². The average Bonchev–Trinajstić information content (AvgIpc) is 2.98. The standard InChI is InChI=1S/C20H23N3O2/c1-3-25-19(24)14-21-20-17(13-12-16-9-5-4-6-10-16)22-18-11-7-8-15(2)23(18)20/h4-11,21H,3,12-14H2,1-2H3. The number of carbonyl (C=O) groups is 1. The highest BCUT2D eigenvalue weighted by molar-refractivity contribution is 5.75. The molecular formula is C20H23N3O2. The fraction of sp³-hybridized carbons (Fsp3) is 0.300. The molecule has 5 nitrogen and oxygen atoms in total. The van der Waals surface area contributed by atoms with Crippen LogP contribution in [0.25, 0.3) is 5.65 Å². The third-order valence-electron chi connectivity index (χ3n) is 4.11. The Morgan fingerprint density at radius 2 is 1.92 bits per heavy atom. The molecule has 0 atom stereocenters. The molecule has 1 aromatic carbocycles. The van der Waals surface area contributed by atoms with Crippen LogP contribution in [0.15, 0.2) is 48.5 Å². The van der Waals surface area contributed by atoms with Crippen LogP contribution < -0.4 is 5.32 Å². The van der Waals surface area contributed by atoms with Gasteiger partial charge in [-0.05, 0) is 44.4 Å². The summed E-state index contributed by atoms with van der Waals surface area (Å²) in [6.45, 7) is 4.36. The van der Waals surface area contributed by atoms with Gasteiger partial charge in [0, 0.05) is 5.69 Å². The summed E-state index contributed by atoms with van der Waals surface area (Å²) in [5.74, 6) is 0.608. The van der Waals surface area contributed by atoms with Gasteiger partial charge in [-0.2, -0.15) is 0 Å². The first-order chi connectivity index (χ1) is 12.2. The molecule has 25 heavy (non-hydrogen) atoms. The molecule has 0 radical (unpaired) electrons. The van der Waals surface area contributed by atoms with Gasteiger partial charge in [-0.1, -0.05) is 36.4 Å². The summed E-state index contributed by atoms with van der Waals surface area (Å²) >= 11 is 0. The molecule has 0 bridgehead atoms. The molecule has 0 unspecified atom stereocenters. The normalized spacial score (nSPS) is 10.8. The van der Waals surface area contributed by atoms with Crippen LogP contribution in [0.3, 0.4) is 0 Å². The van der Waals surface area contributed by atoms with Crippen molar-refractivity contribution in [2.75, 3.05) is 18.5 Å². The molecule has 0 aliphatic rings. The fourth-order valence-electron chi connectivity index (χ4n) is 2.93. The lowest BCUT2D eigenvalue weighted by Crippen LogP contribution is -2.18. The van der Waals surface area contributed by atoms with E-state index in [0.29, 0.717) is 6.61 Å². The Morgan fingerprint density at radius 3 is 2.68 bits per heavy atom. The number of aryl methyl sites for hydroxylation is 3. The lowest BCUT2D eigenvalue weighted by Gasteiger charge is -2.10. The number of esters is 1. The summed E-state index contributed by atoms with van der Waals surface area (Å²) in [6, 6.07) is 16.4. The third-order valence-corrected chi connectivity index (χ3v) is 4.11. The highest BCUT2D eigenvalue weighted by Gasteiger charge is 2.14. The Morgan fingerprint density at radius 1 is 1.12 bits per heavy atom. The lowest BCUT2D eigenvalue weighted by atomic mass is 10.1. The largest absolute Gasteiger partial charge is 0.465 e. The van der Waals surface area contributed by atoms with Crippen molar-refractivity contribution in [2.24, 2.45) is 0 Å². The second-order valence-electron chi connectivity index (χ2n) is 5.91. The Balaban J connectivity index is 1.86. The van der Waals surface area contributed by atoms with Gasteiger partial charge in [0.05, 0.1) is 12.3 Å². The van der Waals surface area contributed by atoms with Crippen LogP contribution in [0.5, 0.6) is 0 Å². The molecule has 2 heterocycles. The molecule has 0 amide bonds. The van der Waals surface area contributed by atoms with Gasteiger partial charge >= 0.3 is 5.97 Å². The summed E-state index contributed by atoms with van der Waals surface area (Å²) in [7, 11) is 0. The average molecular weight is 337 g/mol. The van der Waals surface area contributed by atoms with Crippen molar-refractivity contribution in [1.82, 2.24) is 9.38 Å². The van der Waals surface area contributed by atoms with E-state index in [4.69, 9.17) is 9.72 Å². The van der Waals surface area contributed by atoms with Crippen LogP contribution in [0.1, 0.15) is 23.9 Å². The maximum Gasteiger partial charge on any atom is 0.325 e. The van der Waals surface area contributed by atoms with Gasteiger partial charge in [0.15, 0.2) is 0 Å². The molecule has 0 spiro atoms. The number of aromatic nitrogens is 2. The number of benzene rings is 1. The quantitative estimate of drug-likeness (QED) is 0.671. The molecule has 0 saturated carbocycles. The van der Waals surface area contributed by atoms with Crippen LogP contribution in [0.4, 0.5) is 5.82 Å². The number of anilines is 1. The zero-order valence-corrected chi connectivity index (χ0v) is 14.7. The van der Waals surface area contributed by atoms with Gasteiger partial charge in [0.2, 0.25) is 0 Å². The zero-order chi connectivity index (χ0) is 17.6. The van der Waals surface area contributed by atoms with Gasteiger partial charge in [-0.15, -0.1) is 0 Å². The minimum absolute atomic E-state index is 0.133. The summed E-state index contributed by atoms with van der Waals surface area (Å²) in [5.41, 5.74) is 4.19. The SMILES string of the molecule is CCOC(=O)CNc1c(CCc2ccccc2)nc2cccc(C)n12. The lowest BCUT2D eigenvalue weighted by molar-refractivity contribution is -0.140. The minimum Gasteiger partial charge on any atom is -0.465 e. The molecule has 0 aliphatic heterocycles. The first-order valence-electron chi connectivity index (χ1n) is 8.59. The number of nitrogens with zero attached hydrogens (tertiary/aromatic N) is 2. The molecule has 130 valence electrons. The van der Waals surface area contributed by atoms with Crippen LogP contribution in [0.2, 0.25) is 0 Å². The third kappa shape index (κ3) is 3.99. The van der Waals surface area contributed by atoms with Crippen molar-refractivity contribution in [3.05, 3.63) is 65.5 Å². The van der Waals surface area contributed by atoms with Crippen molar-refractivity contribution < 1.29 is 9.53 Å². The highest BCUT2D eigenvalue weighted by atomic mass is 16.5. The highest BCUT2D eigenvalue weighted by Crippen LogP contribution is 2.22. The Labute approximate surface area is 147 Å². The molecule has 2 aromatic heterocycles. The van der Waals surface area contributed by atoms with Crippen molar-refractivity contribution in [3.63, 3.8) is 0 Å². The van der Waals surface area contributed by atoms with E-state index in [1.165, 1.54) is 5.56 Å². The Hall–Kier alpha value is -2.82. The first kappa shape index (κ1) is 17.0. The second-order valence-corrected chi connectivity index (χ2v) is 5.91. The fourth-order valence-corrected chi connectivity index (χ4v) is 2.93. The van der Waals surface area contributed by atoms with E-state index < -0.39 is 0 Å². The van der Waals surface area contributed by atoms with E-state index in [-0.39, 0.29) is 12.5 Å². The van der Waals surface area contributed by atoms with Crippen LogP contribution in [0, 0.1) is 6.92 Å². The zero-order valence-electron chi connectivity index (χ0n) is 14.7. The number of fused-ring (bicyclic) bond motifs is 1. The topological polar surface area (TPSA) is 55.6 Å². The van der Waals surface area contributed by atoms with Gasteiger partial charge in [0.1, 0.15) is 18.0 Å². The molecule has 0 saturated heterocycles. The smallest absolute Gasteiger partial charge is 0.325 e. The molecular weight excluding hydrogens is 314 g/mol. The Kier molecular flexibility index (Phi) is 5.33. The summed E-state index contributed by atoms with van der Waals surface area (Å²) < 4.78 is 7.08. The van der Waals surface area contributed by atoms with E-state index in [2.05, 4.69) is 21.9 Å². The number of nitrogens with one attached hydrogen (secondary N) is 1. The predicted molar refractivity (Wildman–Crippen MR) is 98.9 cm³/mol. The number of carbonyl (C=O) groups excluding carboxylic acids is 1. The number of ether oxygens (including phenoxy) is 1. The minimum atomic E-state index is -0.264. The molecule has 3 aromatic rings. The van der Waals surface area contributed by atoms with Crippen molar-refractivity contribution >= 4 is 17.4 Å². The molecule has 0 fully saturated rings. The number of pyridine rings is 1. The molecule has 3 rings (SSSR count). The van der Waals surface area contributed by atoms with Gasteiger partial charge < -0.3 is 10.1 Å². The number of rotatable bonds is 7. The monoisotopic (exact) mass is 337 g/mol. The van der Waals surface area contributed by atoms with Crippen molar-refractivity contribution in [2.45, 2.75) is 26.7 Å². The number of imidazole rings is 1. The predicted octanol–water partition coefficient (Wildman–Crippen LogP) is 3.40. The van der Waals surface area contributed by atoms with Crippen LogP contribution in [-0.2, 0) is 22.4 Å². The van der Waals surface area contributed by atoms with E-state index in [0.717, 1.165) is 35.7 Å². The first-order valence-corrected chi connectivity index (χ1v) is 8.59. The molecule has 5 heteroatoms. The van der Waals surface area contributed by atoms with Gasteiger partial charge in [-0.25, -0.2) is 4.98 Å². The van der Waals surface area contributed by atoms with Crippen molar-refractivity contribution in [3.8, 4) is 0 Å². The number of hydrogen-bond acceptors (Lipinski definition) is 4. The van der Waals surface area contributed by atoms with Crippen molar-refractivity contribution in [1.29, 1.82) is 0 Å². The Bertz CT molecular complexity index is 856. The molecule has 1 N–H and O–H groups in total.